The fourth-order valence-electron chi connectivity index (χ4n) is 4.75. The summed E-state index contributed by atoms with van der Waals surface area (Å²) in [4.78, 5) is 11.1. The summed E-state index contributed by atoms with van der Waals surface area (Å²) in [5, 5.41) is 19.7. The van der Waals surface area contributed by atoms with Gasteiger partial charge in [-0.15, -0.1) is 0 Å². The molecule has 0 spiro atoms. The maximum Gasteiger partial charge on any atom is 0.146 e. The summed E-state index contributed by atoms with van der Waals surface area (Å²) in [6, 6.07) is 11.7. The minimum Gasteiger partial charge on any atom is -0.507 e. The number of phenols is 1. The van der Waals surface area contributed by atoms with Gasteiger partial charge in [0.25, 0.3) is 0 Å². The average Bonchev–Trinajstić information content (AvgIpc) is 2.86. The maximum absolute atomic E-state index is 10.8. The highest BCUT2D eigenvalue weighted by Gasteiger charge is 2.34. The predicted octanol–water partition coefficient (Wildman–Crippen LogP) is 3.13. The summed E-state index contributed by atoms with van der Waals surface area (Å²) < 4.78 is 10.9. The standard InChI is InChI=1S/C26H30N6O3/c1-28-13-23-26(27)25(34-2)12-22(29-23)16-3-4-19(24(33)11-16)21-6-5-20(30-31-21)17-14-32(15-17)18-7-9-35-10-8-18/h3-6,11-13,17-18,33H,7-10,14-15,27H2,1-2H3. The molecule has 0 saturated carbocycles. The number of methoxy groups -OCH3 is 1. The van der Waals surface area contributed by atoms with Gasteiger partial charge in [-0.3, -0.25) is 9.89 Å². The van der Waals surface area contributed by atoms with E-state index in [1.54, 1.807) is 32.5 Å². The number of aliphatic imine (C=N–C) groups is 1. The summed E-state index contributed by atoms with van der Waals surface area (Å²) in [5.74, 6) is 1.01. The van der Waals surface area contributed by atoms with Gasteiger partial charge in [0.1, 0.15) is 22.9 Å². The van der Waals surface area contributed by atoms with Gasteiger partial charge < -0.3 is 20.3 Å². The molecule has 0 radical (unpaired) electrons. The van der Waals surface area contributed by atoms with E-state index in [4.69, 9.17) is 15.2 Å². The fraction of sp³-hybridized carbons (Fsp3) is 0.385. The molecule has 182 valence electrons. The summed E-state index contributed by atoms with van der Waals surface area (Å²) in [6.07, 6.45) is 3.80. The Balaban J connectivity index is 1.32. The molecule has 1 aromatic carbocycles. The topological polar surface area (TPSA) is 119 Å². The lowest BCUT2D eigenvalue weighted by atomic mass is 9.91. The molecule has 3 aromatic rings. The highest BCUT2D eigenvalue weighted by Crippen LogP contribution is 2.35. The van der Waals surface area contributed by atoms with Gasteiger partial charge in [0.15, 0.2) is 0 Å². The first-order valence-corrected chi connectivity index (χ1v) is 11.8. The second kappa shape index (κ2) is 9.97. The molecular weight excluding hydrogens is 444 g/mol. The van der Waals surface area contributed by atoms with Crippen molar-refractivity contribution in [3.8, 4) is 34.0 Å². The van der Waals surface area contributed by atoms with E-state index in [1.807, 2.05) is 24.3 Å². The van der Waals surface area contributed by atoms with E-state index in [-0.39, 0.29) is 5.75 Å². The van der Waals surface area contributed by atoms with Crippen LogP contribution in [-0.4, -0.2) is 77.9 Å². The van der Waals surface area contributed by atoms with Crippen molar-refractivity contribution >= 4 is 11.9 Å². The number of pyridine rings is 1. The van der Waals surface area contributed by atoms with Crippen molar-refractivity contribution in [1.29, 1.82) is 0 Å². The van der Waals surface area contributed by atoms with Crippen LogP contribution in [-0.2, 0) is 4.74 Å². The number of anilines is 1. The van der Waals surface area contributed by atoms with Crippen molar-refractivity contribution in [3.63, 3.8) is 0 Å². The summed E-state index contributed by atoms with van der Waals surface area (Å²) >= 11 is 0. The Morgan fingerprint density at radius 3 is 2.57 bits per heavy atom. The Morgan fingerprint density at radius 2 is 1.91 bits per heavy atom. The Hall–Kier alpha value is -3.56. The van der Waals surface area contributed by atoms with Crippen LogP contribution in [0.4, 0.5) is 5.69 Å². The Bertz CT molecular complexity index is 1220. The minimum absolute atomic E-state index is 0.0992. The molecule has 3 N–H and O–H groups in total. The van der Waals surface area contributed by atoms with Gasteiger partial charge in [0.2, 0.25) is 0 Å². The first-order valence-electron chi connectivity index (χ1n) is 11.8. The number of nitrogen functional groups attached to an aromatic ring is 1. The van der Waals surface area contributed by atoms with Gasteiger partial charge in [-0.1, -0.05) is 6.07 Å². The van der Waals surface area contributed by atoms with Crippen LogP contribution in [0.15, 0.2) is 41.4 Å². The second-order valence-electron chi connectivity index (χ2n) is 8.97. The van der Waals surface area contributed by atoms with E-state index in [1.165, 1.54) is 0 Å². The van der Waals surface area contributed by atoms with E-state index in [0.29, 0.717) is 46.0 Å². The number of rotatable bonds is 6. The molecule has 9 heteroatoms. The Morgan fingerprint density at radius 1 is 1.11 bits per heavy atom. The van der Waals surface area contributed by atoms with Crippen LogP contribution in [0.2, 0.25) is 0 Å². The normalized spacial score (nSPS) is 17.5. The maximum atomic E-state index is 10.8. The minimum atomic E-state index is 0.0992. The second-order valence-corrected chi connectivity index (χ2v) is 8.97. The third kappa shape index (κ3) is 4.69. The molecule has 0 bridgehead atoms. The molecule has 2 aliphatic heterocycles. The van der Waals surface area contributed by atoms with Crippen molar-refractivity contribution in [3.05, 3.63) is 47.8 Å². The SMILES string of the molecule is CN=Cc1nc(-c2ccc(-c3ccc(C4CN(C5CCOCC5)C4)nn3)c(O)c2)cc(OC)c1N. The summed E-state index contributed by atoms with van der Waals surface area (Å²) in [6.45, 7) is 3.75. The van der Waals surface area contributed by atoms with Crippen LogP contribution >= 0.6 is 0 Å². The van der Waals surface area contributed by atoms with Gasteiger partial charge in [-0.05, 0) is 37.1 Å². The molecule has 5 rings (SSSR count). The van der Waals surface area contributed by atoms with Crippen LogP contribution in [0.5, 0.6) is 11.5 Å². The van der Waals surface area contributed by atoms with Crippen molar-refractivity contribution in [1.82, 2.24) is 20.1 Å². The van der Waals surface area contributed by atoms with E-state index in [2.05, 4.69) is 25.1 Å². The molecule has 0 unspecified atom stereocenters. The third-order valence-electron chi connectivity index (χ3n) is 6.81. The number of benzene rings is 1. The average molecular weight is 475 g/mol. The highest BCUT2D eigenvalue weighted by molar-refractivity contribution is 5.88. The lowest BCUT2D eigenvalue weighted by molar-refractivity contribution is 0.000892. The van der Waals surface area contributed by atoms with E-state index >= 15 is 0 Å². The van der Waals surface area contributed by atoms with Crippen LogP contribution < -0.4 is 10.5 Å². The molecule has 0 amide bonds. The highest BCUT2D eigenvalue weighted by atomic mass is 16.5. The number of aromatic hydroxyl groups is 1. The number of ether oxygens (including phenoxy) is 2. The molecule has 0 atom stereocenters. The number of aromatic nitrogens is 3. The van der Waals surface area contributed by atoms with Crippen LogP contribution in [0.3, 0.4) is 0 Å². The molecule has 4 heterocycles. The first kappa shape index (κ1) is 23.2. The fourth-order valence-corrected chi connectivity index (χ4v) is 4.75. The zero-order valence-electron chi connectivity index (χ0n) is 20.0. The number of phenolic OH excluding ortho intramolecular Hbond substituents is 1. The van der Waals surface area contributed by atoms with E-state index < -0.39 is 0 Å². The zero-order valence-corrected chi connectivity index (χ0v) is 20.0. The first-order chi connectivity index (χ1) is 17.1. The lowest BCUT2D eigenvalue weighted by Crippen LogP contribution is -2.52. The Labute approximate surface area is 204 Å². The smallest absolute Gasteiger partial charge is 0.146 e. The van der Waals surface area contributed by atoms with Gasteiger partial charge >= 0.3 is 0 Å². The molecule has 2 saturated heterocycles. The molecule has 2 aromatic heterocycles. The van der Waals surface area contributed by atoms with Crippen LogP contribution in [0.1, 0.15) is 30.1 Å². The van der Waals surface area contributed by atoms with Crippen LogP contribution in [0.25, 0.3) is 22.5 Å². The quantitative estimate of drug-likeness (QED) is 0.523. The third-order valence-corrected chi connectivity index (χ3v) is 6.81. The van der Waals surface area contributed by atoms with Gasteiger partial charge in [-0.2, -0.15) is 10.2 Å². The molecule has 35 heavy (non-hydrogen) atoms. The molecule has 0 aliphatic carbocycles. The van der Waals surface area contributed by atoms with Crippen molar-refractivity contribution < 1.29 is 14.6 Å². The summed E-state index contributed by atoms with van der Waals surface area (Å²) in [7, 11) is 3.21. The lowest BCUT2D eigenvalue weighted by Gasteiger charge is -2.45. The van der Waals surface area contributed by atoms with Gasteiger partial charge in [0, 0.05) is 68.7 Å². The van der Waals surface area contributed by atoms with Crippen molar-refractivity contribution in [2.24, 2.45) is 4.99 Å². The Kier molecular flexibility index (Phi) is 6.61. The molecule has 2 aliphatic rings. The van der Waals surface area contributed by atoms with Crippen molar-refractivity contribution in [2.45, 2.75) is 24.8 Å². The molecule has 2 fully saturated rings. The van der Waals surface area contributed by atoms with Gasteiger partial charge in [0.05, 0.1) is 24.2 Å². The number of likely N-dealkylation sites (tertiary alicyclic amines) is 1. The zero-order chi connectivity index (χ0) is 24.4. The largest absolute Gasteiger partial charge is 0.507 e. The van der Waals surface area contributed by atoms with Crippen molar-refractivity contribution in [2.75, 3.05) is 46.2 Å². The van der Waals surface area contributed by atoms with E-state index in [0.717, 1.165) is 50.4 Å². The number of nitrogens with zero attached hydrogens (tertiary/aromatic N) is 5. The number of hydrogen-bond acceptors (Lipinski definition) is 9. The monoisotopic (exact) mass is 474 g/mol. The number of hydrogen-bond donors (Lipinski definition) is 2. The molecular formula is C26H30N6O3. The van der Waals surface area contributed by atoms with E-state index in [9.17, 15) is 5.11 Å². The van der Waals surface area contributed by atoms with Gasteiger partial charge in [-0.25, -0.2) is 4.98 Å². The predicted molar refractivity (Wildman–Crippen MR) is 135 cm³/mol. The molecule has 9 nitrogen and oxygen atoms in total. The number of nitrogens with two attached hydrogens (primary N) is 1. The van der Waals surface area contributed by atoms with Crippen LogP contribution in [0, 0.1) is 0 Å². The summed E-state index contributed by atoms with van der Waals surface area (Å²) in [5.41, 5.74) is 10.6.